The minimum absolute atomic E-state index is 0.141. The Morgan fingerprint density at radius 1 is 1.16 bits per heavy atom. The maximum atomic E-state index is 12.0. The Hall–Kier alpha value is -2.57. The summed E-state index contributed by atoms with van der Waals surface area (Å²) in [6.45, 7) is 5.92. The van der Waals surface area contributed by atoms with E-state index in [1.165, 1.54) is 0 Å². The van der Waals surface area contributed by atoms with Crippen LogP contribution >= 0.6 is 0 Å². The smallest absolute Gasteiger partial charge is 0.325 e. The number of hydrogen-bond acceptors (Lipinski definition) is 5. The van der Waals surface area contributed by atoms with Gasteiger partial charge in [0.1, 0.15) is 24.5 Å². The second-order valence-corrected chi connectivity index (χ2v) is 6.50. The molecule has 1 fully saturated rings. The molecule has 0 spiro atoms. The molecule has 0 aromatic heterocycles. The monoisotopic (exact) mass is 348 g/mol. The lowest BCUT2D eigenvalue weighted by Gasteiger charge is -2.15. The van der Waals surface area contributed by atoms with E-state index in [1.54, 1.807) is 13.8 Å². The van der Waals surface area contributed by atoms with Crippen LogP contribution in [0.15, 0.2) is 24.3 Å². The van der Waals surface area contributed by atoms with E-state index >= 15 is 0 Å². The van der Waals surface area contributed by atoms with E-state index in [0.717, 1.165) is 16.2 Å². The first-order valence-corrected chi connectivity index (χ1v) is 8.29. The molecule has 1 aromatic rings. The summed E-state index contributed by atoms with van der Waals surface area (Å²) in [4.78, 5) is 36.5. The zero-order valence-corrected chi connectivity index (χ0v) is 14.8. The highest BCUT2D eigenvalue weighted by Gasteiger charge is 2.43. The molecular formula is C18H24N2O5. The number of nitrogens with zero attached hydrogens (tertiary/aromatic N) is 1. The van der Waals surface area contributed by atoms with E-state index < -0.39 is 11.6 Å². The molecule has 0 atom stereocenters. The van der Waals surface area contributed by atoms with Crippen LogP contribution in [0, 0.1) is 6.92 Å². The number of hydrogen-bond donors (Lipinski definition) is 1. The van der Waals surface area contributed by atoms with Gasteiger partial charge in [0.15, 0.2) is 0 Å². The van der Waals surface area contributed by atoms with Gasteiger partial charge in [-0.15, -0.1) is 0 Å². The number of aryl methyl sites for hydroxylation is 1. The Morgan fingerprint density at radius 3 is 2.44 bits per heavy atom. The third-order valence-corrected chi connectivity index (χ3v) is 3.84. The van der Waals surface area contributed by atoms with Crippen molar-refractivity contribution < 1.29 is 23.9 Å². The van der Waals surface area contributed by atoms with Crippen molar-refractivity contribution in [1.29, 1.82) is 0 Å². The third-order valence-electron chi connectivity index (χ3n) is 3.84. The lowest BCUT2D eigenvalue weighted by Crippen LogP contribution is -2.40. The summed E-state index contributed by atoms with van der Waals surface area (Å²) in [6, 6.07) is 7.18. The predicted octanol–water partition coefficient (Wildman–Crippen LogP) is 2.03. The zero-order valence-electron chi connectivity index (χ0n) is 14.8. The van der Waals surface area contributed by atoms with Gasteiger partial charge >= 0.3 is 12.0 Å². The van der Waals surface area contributed by atoms with Crippen LogP contribution in [-0.2, 0) is 14.3 Å². The van der Waals surface area contributed by atoms with E-state index in [-0.39, 0.29) is 38.1 Å². The molecule has 0 bridgehead atoms. The molecule has 2 rings (SSSR count). The number of ether oxygens (including phenoxy) is 2. The van der Waals surface area contributed by atoms with Crippen molar-refractivity contribution >= 4 is 17.9 Å². The molecule has 1 aliphatic heterocycles. The van der Waals surface area contributed by atoms with E-state index in [4.69, 9.17) is 9.47 Å². The van der Waals surface area contributed by atoms with Crippen molar-refractivity contribution in [3.63, 3.8) is 0 Å². The van der Waals surface area contributed by atoms with Crippen molar-refractivity contribution in [2.75, 3.05) is 19.8 Å². The molecule has 1 N–H and O–H groups in total. The maximum absolute atomic E-state index is 12.0. The number of nitrogens with one attached hydrogen (secondary N) is 1. The fourth-order valence-electron chi connectivity index (χ4n) is 2.42. The van der Waals surface area contributed by atoms with Crippen LogP contribution < -0.4 is 10.1 Å². The highest BCUT2D eigenvalue weighted by molar-refractivity contribution is 6.06. The SMILES string of the molecule is Cc1ccc(OCCOC(=O)CCCN2C(=O)NC(C)(C)C2=O)cc1. The molecule has 25 heavy (non-hydrogen) atoms. The standard InChI is InChI=1S/C18H24N2O5/c1-13-6-8-14(9-7-13)24-11-12-25-15(21)5-4-10-20-16(22)18(2,3)19-17(20)23/h6-9H,4-5,10-12H2,1-3H3,(H,19,23). The molecule has 1 saturated heterocycles. The average Bonchev–Trinajstić information content (AvgIpc) is 2.75. The van der Waals surface area contributed by atoms with Gasteiger partial charge in [-0.25, -0.2) is 4.79 Å². The summed E-state index contributed by atoms with van der Waals surface area (Å²) in [6.07, 6.45) is 0.509. The zero-order chi connectivity index (χ0) is 18.4. The highest BCUT2D eigenvalue weighted by atomic mass is 16.6. The number of carbonyl (C=O) groups excluding carboxylic acids is 3. The first-order valence-electron chi connectivity index (χ1n) is 8.29. The van der Waals surface area contributed by atoms with Gasteiger partial charge in [-0.2, -0.15) is 0 Å². The summed E-state index contributed by atoms with van der Waals surface area (Å²) < 4.78 is 10.5. The number of urea groups is 1. The van der Waals surface area contributed by atoms with Crippen molar-refractivity contribution in [2.45, 2.75) is 39.2 Å². The minimum Gasteiger partial charge on any atom is -0.490 e. The Labute approximate surface area is 147 Å². The van der Waals surface area contributed by atoms with Gasteiger partial charge in [0.2, 0.25) is 0 Å². The van der Waals surface area contributed by atoms with Crippen molar-refractivity contribution in [2.24, 2.45) is 0 Å². The molecular weight excluding hydrogens is 324 g/mol. The first-order chi connectivity index (χ1) is 11.8. The van der Waals surface area contributed by atoms with Gasteiger partial charge in [-0.3, -0.25) is 14.5 Å². The number of imide groups is 1. The average molecular weight is 348 g/mol. The van der Waals surface area contributed by atoms with Crippen molar-refractivity contribution in [3.05, 3.63) is 29.8 Å². The van der Waals surface area contributed by atoms with Crippen LogP contribution in [0.4, 0.5) is 4.79 Å². The molecule has 1 heterocycles. The summed E-state index contributed by atoms with van der Waals surface area (Å²) >= 11 is 0. The molecule has 0 unspecified atom stereocenters. The van der Waals surface area contributed by atoms with Crippen LogP contribution in [0.2, 0.25) is 0 Å². The summed E-state index contributed by atoms with van der Waals surface area (Å²) in [5.41, 5.74) is 0.262. The van der Waals surface area contributed by atoms with Crippen LogP contribution in [0.5, 0.6) is 5.75 Å². The van der Waals surface area contributed by atoms with E-state index in [0.29, 0.717) is 6.42 Å². The largest absolute Gasteiger partial charge is 0.490 e. The van der Waals surface area contributed by atoms with Crippen LogP contribution in [0.25, 0.3) is 0 Å². The number of benzene rings is 1. The number of rotatable bonds is 8. The van der Waals surface area contributed by atoms with E-state index in [2.05, 4.69) is 5.32 Å². The minimum atomic E-state index is -0.884. The predicted molar refractivity (Wildman–Crippen MR) is 91.2 cm³/mol. The van der Waals surface area contributed by atoms with Gasteiger partial charge in [0.05, 0.1) is 0 Å². The third kappa shape index (κ3) is 5.20. The quantitative estimate of drug-likeness (QED) is 0.441. The van der Waals surface area contributed by atoms with Crippen LogP contribution in [-0.4, -0.2) is 48.1 Å². The molecule has 0 saturated carbocycles. The van der Waals surface area contributed by atoms with Crippen molar-refractivity contribution in [1.82, 2.24) is 10.2 Å². The van der Waals surface area contributed by atoms with Gasteiger partial charge in [0, 0.05) is 13.0 Å². The molecule has 136 valence electrons. The molecule has 7 heteroatoms. The summed E-state index contributed by atoms with van der Waals surface area (Å²) in [5, 5.41) is 2.60. The van der Waals surface area contributed by atoms with Crippen LogP contribution in [0.3, 0.4) is 0 Å². The van der Waals surface area contributed by atoms with Crippen molar-refractivity contribution in [3.8, 4) is 5.75 Å². The number of carbonyl (C=O) groups is 3. The second kappa shape index (κ2) is 8.00. The molecule has 0 radical (unpaired) electrons. The lowest BCUT2D eigenvalue weighted by atomic mass is 10.1. The van der Waals surface area contributed by atoms with Gasteiger partial charge < -0.3 is 14.8 Å². The van der Waals surface area contributed by atoms with E-state index in [1.807, 2.05) is 31.2 Å². The fraction of sp³-hybridized carbons (Fsp3) is 0.500. The highest BCUT2D eigenvalue weighted by Crippen LogP contribution is 2.17. The number of amides is 3. The Kier molecular flexibility index (Phi) is 6.01. The molecule has 1 aliphatic rings. The van der Waals surface area contributed by atoms with E-state index in [9.17, 15) is 14.4 Å². The van der Waals surface area contributed by atoms with Gasteiger partial charge in [-0.1, -0.05) is 17.7 Å². The maximum Gasteiger partial charge on any atom is 0.325 e. The fourth-order valence-corrected chi connectivity index (χ4v) is 2.42. The Balaban J connectivity index is 1.60. The summed E-state index contributed by atoms with van der Waals surface area (Å²) in [5.74, 6) is 0.0685. The van der Waals surface area contributed by atoms with Crippen LogP contribution in [0.1, 0.15) is 32.3 Å². The molecule has 3 amide bonds. The second-order valence-electron chi connectivity index (χ2n) is 6.50. The normalized spacial score (nSPS) is 15.9. The lowest BCUT2D eigenvalue weighted by molar-refractivity contribution is -0.144. The molecule has 7 nitrogen and oxygen atoms in total. The number of esters is 1. The Bertz CT molecular complexity index is 639. The molecule has 1 aromatic carbocycles. The van der Waals surface area contributed by atoms with Gasteiger partial charge in [0.25, 0.3) is 5.91 Å². The molecule has 0 aliphatic carbocycles. The topological polar surface area (TPSA) is 84.9 Å². The first kappa shape index (κ1) is 18.8. The van der Waals surface area contributed by atoms with Gasteiger partial charge in [-0.05, 0) is 39.3 Å². The summed E-state index contributed by atoms with van der Waals surface area (Å²) in [7, 11) is 0. The Morgan fingerprint density at radius 2 is 1.84 bits per heavy atom.